The normalized spacial score (nSPS) is 12.5. The molecule has 0 saturated carbocycles. The number of nitrogens with zero attached hydrogens (tertiary/aromatic N) is 1. The molecule has 0 aliphatic heterocycles. The lowest BCUT2D eigenvalue weighted by Gasteiger charge is -2.05. The zero-order valence-electron chi connectivity index (χ0n) is 11.0. The summed E-state index contributed by atoms with van der Waals surface area (Å²) in [5.74, 6) is -0.0412. The number of aliphatic imine (C=N–C) groups is 1. The molecule has 0 N–H and O–H groups in total. The van der Waals surface area contributed by atoms with Gasteiger partial charge in [-0.2, -0.15) is 0 Å². The van der Waals surface area contributed by atoms with E-state index in [1.165, 1.54) is 11.8 Å². The summed E-state index contributed by atoms with van der Waals surface area (Å²) in [4.78, 5) is 16.2. The average Bonchev–Trinajstić information content (AvgIpc) is 2.47. The van der Waals surface area contributed by atoms with Crippen LogP contribution in [0.15, 0.2) is 65.7 Å². The van der Waals surface area contributed by atoms with Crippen molar-refractivity contribution in [1.29, 1.82) is 0 Å². The van der Waals surface area contributed by atoms with E-state index in [-0.39, 0.29) is 11.8 Å². The highest BCUT2D eigenvalue weighted by Gasteiger charge is 2.03. The monoisotopic (exact) mass is 251 g/mol. The molecule has 19 heavy (non-hydrogen) atoms. The van der Waals surface area contributed by atoms with Crippen molar-refractivity contribution in [3.05, 3.63) is 71.8 Å². The number of hydrogen-bond donors (Lipinski definition) is 0. The van der Waals surface area contributed by atoms with E-state index < -0.39 is 0 Å². The Labute approximate surface area is 113 Å². The van der Waals surface area contributed by atoms with Gasteiger partial charge in [-0.1, -0.05) is 60.7 Å². The number of Topliss-reactive ketones (excluding diaryl/α,β-unsaturated/α-hetero) is 1. The fraction of sp³-hybridized carbons (Fsp3) is 0.176. The molecule has 1 atom stereocenters. The van der Waals surface area contributed by atoms with Crippen molar-refractivity contribution in [3.8, 4) is 0 Å². The highest BCUT2D eigenvalue weighted by molar-refractivity contribution is 6.35. The Morgan fingerprint density at radius 1 is 1.05 bits per heavy atom. The summed E-state index contributed by atoms with van der Waals surface area (Å²) in [5.41, 5.74) is 1.91. The van der Waals surface area contributed by atoms with Crippen molar-refractivity contribution in [2.24, 2.45) is 4.99 Å². The van der Waals surface area contributed by atoms with Crippen LogP contribution in [0.5, 0.6) is 0 Å². The van der Waals surface area contributed by atoms with Crippen molar-refractivity contribution in [2.75, 3.05) is 0 Å². The molecule has 2 aromatic rings. The maximum absolute atomic E-state index is 11.9. The van der Waals surface area contributed by atoms with Crippen molar-refractivity contribution in [3.63, 3.8) is 0 Å². The Morgan fingerprint density at radius 2 is 1.63 bits per heavy atom. The third-order valence-corrected chi connectivity index (χ3v) is 2.88. The van der Waals surface area contributed by atoms with Crippen LogP contribution in [0, 0.1) is 0 Å². The van der Waals surface area contributed by atoms with Crippen LogP contribution < -0.4 is 0 Å². The standard InChI is InChI=1S/C17H17NO/c1-14(12-15-8-4-2-5-9-15)18-13-17(19)16-10-6-3-7-11-16/h2-11,13-14H,12H2,1H3/b18-13-. The van der Waals surface area contributed by atoms with Gasteiger partial charge in [0, 0.05) is 5.56 Å². The molecule has 96 valence electrons. The van der Waals surface area contributed by atoms with Gasteiger partial charge in [0.2, 0.25) is 5.78 Å². The smallest absolute Gasteiger partial charge is 0.203 e. The lowest BCUT2D eigenvalue weighted by molar-refractivity contribution is 0.107. The van der Waals surface area contributed by atoms with Crippen LogP contribution in [0.3, 0.4) is 0 Å². The van der Waals surface area contributed by atoms with Crippen molar-refractivity contribution < 1.29 is 4.79 Å². The highest BCUT2D eigenvalue weighted by Crippen LogP contribution is 2.05. The Morgan fingerprint density at radius 3 is 2.26 bits per heavy atom. The van der Waals surface area contributed by atoms with Gasteiger partial charge in [-0.15, -0.1) is 0 Å². The summed E-state index contributed by atoms with van der Waals surface area (Å²) in [6.07, 6.45) is 2.28. The lowest BCUT2D eigenvalue weighted by atomic mass is 10.1. The fourth-order valence-electron chi connectivity index (χ4n) is 1.88. The second-order valence-corrected chi connectivity index (χ2v) is 4.55. The first-order valence-corrected chi connectivity index (χ1v) is 6.42. The Bertz CT molecular complexity index is 546. The summed E-state index contributed by atoms with van der Waals surface area (Å²) in [7, 11) is 0. The number of hydrogen-bond acceptors (Lipinski definition) is 2. The van der Waals surface area contributed by atoms with E-state index in [0.717, 1.165) is 6.42 Å². The summed E-state index contributed by atoms with van der Waals surface area (Å²) in [5, 5.41) is 0. The first kappa shape index (κ1) is 13.2. The van der Waals surface area contributed by atoms with E-state index in [2.05, 4.69) is 17.1 Å². The minimum absolute atomic E-state index is 0.0412. The molecule has 0 radical (unpaired) electrons. The molecule has 0 aromatic heterocycles. The van der Waals surface area contributed by atoms with E-state index >= 15 is 0 Å². The predicted molar refractivity (Wildman–Crippen MR) is 78.9 cm³/mol. The van der Waals surface area contributed by atoms with Crippen LogP contribution in [-0.2, 0) is 6.42 Å². The Balaban J connectivity index is 1.94. The maximum Gasteiger partial charge on any atom is 0.203 e. The number of ketones is 1. The van der Waals surface area contributed by atoms with E-state index in [1.54, 1.807) is 12.1 Å². The largest absolute Gasteiger partial charge is 0.288 e. The third kappa shape index (κ3) is 4.18. The Hall–Kier alpha value is -2.22. The fourth-order valence-corrected chi connectivity index (χ4v) is 1.88. The van der Waals surface area contributed by atoms with Crippen LogP contribution in [0.25, 0.3) is 0 Å². The van der Waals surface area contributed by atoms with E-state index in [4.69, 9.17) is 0 Å². The molecule has 0 spiro atoms. The quantitative estimate of drug-likeness (QED) is 0.590. The van der Waals surface area contributed by atoms with Gasteiger partial charge in [0.15, 0.2) is 0 Å². The number of carbonyl (C=O) groups is 1. The number of benzene rings is 2. The number of carbonyl (C=O) groups excluding carboxylic acids is 1. The lowest BCUT2D eigenvalue weighted by Crippen LogP contribution is -2.07. The molecular formula is C17H17NO. The summed E-state index contributed by atoms with van der Waals surface area (Å²) in [6.45, 7) is 2.02. The first-order chi connectivity index (χ1) is 9.25. The van der Waals surface area contributed by atoms with Crippen molar-refractivity contribution in [2.45, 2.75) is 19.4 Å². The molecular weight excluding hydrogens is 234 g/mol. The summed E-state index contributed by atoms with van der Waals surface area (Å²) < 4.78 is 0. The number of rotatable bonds is 5. The topological polar surface area (TPSA) is 29.4 Å². The predicted octanol–water partition coefficient (Wildman–Crippen LogP) is 3.57. The van der Waals surface area contributed by atoms with E-state index in [9.17, 15) is 4.79 Å². The summed E-state index contributed by atoms with van der Waals surface area (Å²) >= 11 is 0. The zero-order chi connectivity index (χ0) is 13.5. The van der Waals surface area contributed by atoms with Crippen molar-refractivity contribution >= 4 is 12.0 Å². The van der Waals surface area contributed by atoms with Crippen LogP contribution in [-0.4, -0.2) is 18.0 Å². The van der Waals surface area contributed by atoms with Gasteiger partial charge in [-0.05, 0) is 18.9 Å². The molecule has 0 heterocycles. The first-order valence-electron chi connectivity index (χ1n) is 6.42. The Kier molecular flexibility index (Phi) is 4.62. The van der Waals surface area contributed by atoms with Gasteiger partial charge in [0.25, 0.3) is 0 Å². The van der Waals surface area contributed by atoms with E-state index in [1.807, 2.05) is 43.3 Å². The third-order valence-electron chi connectivity index (χ3n) is 2.88. The van der Waals surface area contributed by atoms with Gasteiger partial charge < -0.3 is 0 Å². The summed E-state index contributed by atoms with van der Waals surface area (Å²) in [6, 6.07) is 19.5. The zero-order valence-corrected chi connectivity index (χ0v) is 11.0. The van der Waals surface area contributed by atoms with Crippen LogP contribution >= 0.6 is 0 Å². The molecule has 0 aliphatic rings. The molecule has 2 aromatic carbocycles. The second-order valence-electron chi connectivity index (χ2n) is 4.55. The van der Waals surface area contributed by atoms with Gasteiger partial charge >= 0.3 is 0 Å². The molecule has 0 aliphatic carbocycles. The molecule has 2 heteroatoms. The van der Waals surface area contributed by atoms with Crippen molar-refractivity contribution in [1.82, 2.24) is 0 Å². The SMILES string of the molecule is CC(Cc1ccccc1)/N=C\C(=O)c1ccccc1. The van der Waals surface area contributed by atoms with Gasteiger partial charge in [-0.3, -0.25) is 9.79 Å². The van der Waals surface area contributed by atoms with Crippen LogP contribution in [0.1, 0.15) is 22.8 Å². The minimum Gasteiger partial charge on any atom is -0.288 e. The van der Waals surface area contributed by atoms with E-state index in [0.29, 0.717) is 5.56 Å². The molecule has 0 amide bonds. The van der Waals surface area contributed by atoms with Gasteiger partial charge in [-0.25, -0.2) is 0 Å². The molecule has 0 bridgehead atoms. The van der Waals surface area contributed by atoms with Gasteiger partial charge in [0.1, 0.15) is 0 Å². The molecule has 0 saturated heterocycles. The highest BCUT2D eigenvalue weighted by atomic mass is 16.1. The van der Waals surface area contributed by atoms with Crippen LogP contribution in [0.4, 0.5) is 0 Å². The average molecular weight is 251 g/mol. The molecule has 1 unspecified atom stereocenters. The maximum atomic E-state index is 11.9. The van der Waals surface area contributed by atoms with Crippen LogP contribution in [0.2, 0.25) is 0 Å². The van der Waals surface area contributed by atoms with Gasteiger partial charge in [0.05, 0.1) is 12.3 Å². The molecule has 0 fully saturated rings. The molecule has 2 rings (SSSR count). The minimum atomic E-state index is -0.0412. The second kappa shape index (κ2) is 6.64. The molecule has 2 nitrogen and oxygen atoms in total.